The number of hydrogen-bond donors (Lipinski definition) is 1. The molecule has 6 nitrogen and oxygen atoms in total. The van der Waals surface area contributed by atoms with Gasteiger partial charge in [0, 0.05) is 55.5 Å². The largest absolute Gasteiger partial charge is 0.373 e. The van der Waals surface area contributed by atoms with Crippen molar-refractivity contribution >= 4 is 16.3 Å². The number of rotatable bonds is 5. The third kappa shape index (κ3) is 2.87. The van der Waals surface area contributed by atoms with Gasteiger partial charge < -0.3 is 10.1 Å². The molecule has 0 amide bonds. The van der Waals surface area contributed by atoms with Gasteiger partial charge in [-0.15, -0.1) is 11.3 Å². The van der Waals surface area contributed by atoms with Crippen LogP contribution in [0.2, 0.25) is 0 Å². The van der Waals surface area contributed by atoms with Crippen LogP contribution in [-0.4, -0.2) is 32.3 Å². The second-order valence-corrected chi connectivity index (χ2v) is 7.77. The number of aryl methyl sites for hydroxylation is 3. The Morgan fingerprint density at radius 1 is 1.38 bits per heavy atom. The van der Waals surface area contributed by atoms with E-state index in [2.05, 4.69) is 46.0 Å². The Kier molecular flexibility index (Phi) is 4.15. The average Bonchev–Trinajstić information content (AvgIpc) is 3.27. The van der Waals surface area contributed by atoms with Gasteiger partial charge in [-0.05, 0) is 20.3 Å². The smallest absolute Gasteiger partial charge is 0.194 e. The van der Waals surface area contributed by atoms with E-state index in [0.717, 1.165) is 36.8 Å². The van der Waals surface area contributed by atoms with E-state index >= 15 is 0 Å². The maximum absolute atomic E-state index is 5.94. The van der Waals surface area contributed by atoms with Crippen molar-refractivity contribution in [2.45, 2.75) is 32.9 Å². The van der Waals surface area contributed by atoms with Crippen LogP contribution in [0.5, 0.6) is 0 Å². The van der Waals surface area contributed by atoms with Crippen molar-refractivity contribution in [2.24, 2.45) is 13.0 Å². The fraction of sp³-hybridized carbons (Fsp3) is 0.529. The number of hydrogen-bond acceptors (Lipinski definition) is 5. The van der Waals surface area contributed by atoms with E-state index in [1.165, 1.54) is 16.1 Å². The lowest BCUT2D eigenvalue weighted by atomic mass is 9.97. The monoisotopic (exact) mass is 345 g/mol. The lowest BCUT2D eigenvalue weighted by Gasteiger charge is -2.17. The lowest BCUT2D eigenvalue weighted by molar-refractivity contribution is 0.0903. The summed E-state index contributed by atoms with van der Waals surface area (Å²) in [5.74, 6) is 0.488. The highest BCUT2D eigenvalue weighted by molar-refractivity contribution is 7.17. The first-order valence-electron chi connectivity index (χ1n) is 8.36. The summed E-state index contributed by atoms with van der Waals surface area (Å²) < 4.78 is 10.00. The predicted molar refractivity (Wildman–Crippen MR) is 94.3 cm³/mol. The van der Waals surface area contributed by atoms with Crippen molar-refractivity contribution in [3.8, 4) is 0 Å². The van der Waals surface area contributed by atoms with Gasteiger partial charge in [0.15, 0.2) is 4.96 Å². The molecule has 3 aromatic rings. The SMILES string of the molecule is Cc1cn2c(CNC[C@H]3CCO[C@H]3c3cnn(C)c3)c(C)nc2s1. The Balaban J connectivity index is 1.42. The Hall–Kier alpha value is -1.70. The molecule has 0 unspecified atom stereocenters. The fourth-order valence-corrected chi connectivity index (χ4v) is 4.39. The number of aromatic nitrogens is 4. The van der Waals surface area contributed by atoms with Crippen molar-refractivity contribution in [3.63, 3.8) is 0 Å². The highest BCUT2D eigenvalue weighted by atomic mass is 32.1. The molecule has 1 N–H and O–H groups in total. The van der Waals surface area contributed by atoms with Crippen LogP contribution in [0.1, 0.15) is 34.4 Å². The zero-order valence-corrected chi connectivity index (χ0v) is 15.1. The first kappa shape index (κ1) is 15.8. The van der Waals surface area contributed by atoms with E-state index in [1.54, 1.807) is 11.3 Å². The number of ether oxygens (including phenoxy) is 1. The van der Waals surface area contributed by atoms with Gasteiger partial charge in [0.1, 0.15) is 0 Å². The zero-order valence-electron chi connectivity index (χ0n) is 14.3. The third-order valence-corrected chi connectivity index (χ3v) is 5.61. The standard InChI is InChI=1S/C17H23N5OS/c1-11-9-22-15(12(2)20-17(22)24-11)8-18-6-13-4-5-23-16(13)14-7-19-21(3)10-14/h7,9-10,13,16,18H,4-6,8H2,1-3H3/t13-,16-/m1/s1. The molecule has 1 aliphatic rings. The van der Waals surface area contributed by atoms with E-state index in [0.29, 0.717) is 5.92 Å². The second-order valence-electron chi connectivity index (χ2n) is 6.56. The van der Waals surface area contributed by atoms with E-state index in [4.69, 9.17) is 4.74 Å². The number of imidazole rings is 1. The van der Waals surface area contributed by atoms with Crippen LogP contribution in [0.4, 0.5) is 0 Å². The van der Waals surface area contributed by atoms with Gasteiger partial charge in [0.25, 0.3) is 0 Å². The lowest BCUT2D eigenvalue weighted by Crippen LogP contribution is -2.25. The summed E-state index contributed by atoms with van der Waals surface area (Å²) in [6.45, 7) is 6.81. The summed E-state index contributed by atoms with van der Waals surface area (Å²) in [4.78, 5) is 7.03. The molecule has 0 aliphatic carbocycles. The molecular weight excluding hydrogens is 322 g/mol. The zero-order chi connectivity index (χ0) is 16.7. The van der Waals surface area contributed by atoms with Crippen LogP contribution < -0.4 is 5.32 Å². The van der Waals surface area contributed by atoms with Gasteiger partial charge in [0.05, 0.1) is 23.7 Å². The quantitative estimate of drug-likeness (QED) is 0.772. The Morgan fingerprint density at radius 2 is 2.25 bits per heavy atom. The minimum atomic E-state index is 0.154. The molecular formula is C17H23N5OS. The van der Waals surface area contributed by atoms with Crippen LogP contribution >= 0.6 is 11.3 Å². The minimum absolute atomic E-state index is 0.154. The summed E-state index contributed by atoms with van der Waals surface area (Å²) in [7, 11) is 1.95. The molecule has 0 radical (unpaired) electrons. The Labute approximate surface area is 145 Å². The highest BCUT2D eigenvalue weighted by Gasteiger charge is 2.30. The maximum atomic E-state index is 5.94. The van der Waals surface area contributed by atoms with Crippen molar-refractivity contribution in [3.05, 3.63) is 40.4 Å². The van der Waals surface area contributed by atoms with Crippen molar-refractivity contribution in [1.82, 2.24) is 24.5 Å². The molecule has 1 fully saturated rings. The summed E-state index contributed by atoms with van der Waals surface area (Å²) >= 11 is 1.74. The topological polar surface area (TPSA) is 56.4 Å². The molecule has 4 rings (SSSR count). The number of thiazole rings is 1. The van der Waals surface area contributed by atoms with Gasteiger partial charge in [-0.25, -0.2) is 4.98 Å². The van der Waals surface area contributed by atoms with E-state index < -0.39 is 0 Å². The van der Waals surface area contributed by atoms with Crippen LogP contribution in [-0.2, 0) is 18.3 Å². The van der Waals surface area contributed by atoms with E-state index in [-0.39, 0.29) is 6.10 Å². The number of nitrogens with one attached hydrogen (secondary N) is 1. The molecule has 128 valence electrons. The van der Waals surface area contributed by atoms with E-state index in [9.17, 15) is 0 Å². The van der Waals surface area contributed by atoms with Gasteiger partial charge in [-0.1, -0.05) is 0 Å². The highest BCUT2D eigenvalue weighted by Crippen LogP contribution is 2.33. The first-order chi connectivity index (χ1) is 11.6. The summed E-state index contributed by atoms with van der Waals surface area (Å²) in [6, 6.07) is 0. The molecule has 2 atom stereocenters. The van der Waals surface area contributed by atoms with Gasteiger partial charge in [-0.3, -0.25) is 9.08 Å². The Morgan fingerprint density at radius 3 is 3.04 bits per heavy atom. The van der Waals surface area contributed by atoms with Gasteiger partial charge in [0.2, 0.25) is 0 Å². The number of nitrogens with zero attached hydrogens (tertiary/aromatic N) is 4. The molecule has 1 aliphatic heterocycles. The molecule has 0 spiro atoms. The molecule has 0 saturated carbocycles. The summed E-state index contributed by atoms with van der Waals surface area (Å²) in [5.41, 5.74) is 3.55. The molecule has 3 aromatic heterocycles. The predicted octanol–water partition coefficient (Wildman–Crippen LogP) is 2.61. The minimum Gasteiger partial charge on any atom is -0.373 e. The van der Waals surface area contributed by atoms with Crippen LogP contribution in [0.3, 0.4) is 0 Å². The summed E-state index contributed by atoms with van der Waals surface area (Å²) in [5, 5.41) is 7.89. The molecule has 4 heterocycles. The van der Waals surface area contributed by atoms with Crippen molar-refractivity contribution in [1.29, 1.82) is 0 Å². The van der Waals surface area contributed by atoms with Gasteiger partial charge in [-0.2, -0.15) is 5.10 Å². The van der Waals surface area contributed by atoms with Crippen LogP contribution in [0, 0.1) is 19.8 Å². The third-order valence-electron chi connectivity index (χ3n) is 4.71. The number of fused-ring (bicyclic) bond motifs is 1. The van der Waals surface area contributed by atoms with Crippen LogP contribution in [0.15, 0.2) is 18.6 Å². The van der Waals surface area contributed by atoms with E-state index in [1.807, 2.05) is 17.9 Å². The summed E-state index contributed by atoms with van der Waals surface area (Å²) in [6.07, 6.45) is 7.39. The molecule has 0 aromatic carbocycles. The molecule has 7 heteroatoms. The second kappa shape index (κ2) is 6.31. The normalized spacial score (nSPS) is 21.1. The Bertz CT molecular complexity index is 849. The molecule has 24 heavy (non-hydrogen) atoms. The van der Waals surface area contributed by atoms with Crippen LogP contribution in [0.25, 0.3) is 4.96 Å². The fourth-order valence-electron chi connectivity index (χ4n) is 3.50. The molecule has 1 saturated heterocycles. The maximum Gasteiger partial charge on any atom is 0.194 e. The molecule has 0 bridgehead atoms. The van der Waals surface area contributed by atoms with Crippen molar-refractivity contribution < 1.29 is 4.74 Å². The first-order valence-corrected chi connectivity index (χ1v) is 9.18. The van der Waals surface area contributed by atoms with Crippen molar-refractivity contribution in [2.75, 3.05) is 13.2 Å². The van der Waals surface area contributed by atoms with Gasteiger partial charge >= 0.3 is 0 Å². The average molecular weight is 345 g/mol.